The number of allylic oxidation sites excluding steroid dienone is 4. The van der Waals surface area contributed by atoms with Crippen molar-refractivity contribution >= 4 is 57.4 Å². The zero-order chi connectivity index (χ0) is 38.5. The van der Waals surface area contributed by atoms with Gasteiger partial charge in [0.1, 0.15) is 0 Å². The number of benzene rings is 2. The van der Waals surface area contributed by atoms with Gasteiger partial charge in [-0.3, -0.25) is 4.99 Å². The first-order chi connectivity index (χ1) is 25.4. The number of hydrogen-bond acceptors (Lipinski definition) is 5. The Morgan fingerprint density at radius 1 is 0.736 bits per heavy atom. The molecular formula is C45H67N6S2+3. The van der Waals surface area contributed by atoms with Crippen LogP contribution in [0.25, 0.3) is 18.2 Å². The number of quaternary nitrogens is 2. The van der Waals surface area contributed by atoms with Crippen LogP contribution in [0.4, 0.5) is 11.4 Å². The third-order valence-corrected chi connectivity index (χ3v) is 11.7. The molecule has 8 heteroatoms. The fraction of sp³-hybridized carbons (Fsp3) is 0.422. The van der Waals surface area contributed by atoms with E-state index in [-0.39, 0.29) is 0 Å². The molecule has 1 aromatic heterocycles. The predicted octanol–water partition coefficient (Wildman–Crippen LogP) is 8.88. The lowest BCUT2D eigenvalue weighted by atomic mass is 10.1. The van der Waals surface area contributed by atoms with Crippen LogP contribution < -0.4 is 14.4 Å². The van der Waals surface area contributed by atoms with Gasteiger partial charge in [-0.05, 0) is 59.5 Å². The largest absolute Gasteiger partial charge is 0.374 e. The van der Waals surface area contributed by atoms with Crippen LogP contribution >= 0.6 is 21.6 Å². The van der Waals surface area contributed by atoms with E-state index >= 15 is 0 Å². The van der Waals surface area contributed by atoms with Gasteiger partial charge < -0.3 is 18.8 Å². The van der Waals surface area contributed by atoms with E-state index in [4.69, 9.17) is 0 Å². The Hall–Kier alpha value is -3.56. The molecule has 0 aliphatic carbocycles. The summed E-state index contributed by atoms with van der Waals surface area (Å²) >= 11 is 0. The second kappa shape index (κ2) is 23.3. The Morgan fingerprint density at radius 3 is 1.81 bits per heavy atom. The highest BCUT2D eigenvalue weighted by atomic mass is 33.1. The van der Waals surface area contributed by atoms with Gasteiger partial charge in [0.15, 0.2) is 18.9 Å². The average molecular weight is 756 g/mol. The van der Waals surface area contributed by atoms with E-state index in [0.717, 1.165) is 52.2 Å². The molecule has 0 aliphatic rings. The Bertz CT molecular complexity index is 1600. The number of anilines is 2. The highest BCUT2D eigenvalue weighted by Gasteiger charge is 2.12. The monoisotopic (exact) mass is 755 g/mol. The summed E-state index contributed by atoms with van der Waals surface area (Å²) in [6.07, 6.45) is 21.1. The fourth-order valence-corrected chi connectivity index (χ4v) is 7.34. The molecule has 0 amide bonds. The summed E-state index contributed by atoms with van der Waals surface area (Å²) in [6.45, 7) is 13.7. The van der Waals surface area contributed by atoms with Crippen molar-refractivity contribution in [2.24, 2.45) is 4.99 Å². The number of rotatable bonds is 24. The Labute approximate surface area is 330 Å². The number of aliphatic imine (C=N–C) groups is 1. The van der Waals surface area contributed by atoms with Crippen LogP contribution in [0.2, 0.25) is 0 Å². The maximum absolute atomic E-state index is 4.59. The van der Waals surface area contributed by atoms with Gasteiger partial charge in [0.2, 0.25) is 0 Å². The van der Waals surface area contributed by atoms with Crippen LogP contribution in [-0.4, -0.2) is 115 Å². The van der Waals surface area contributed by atoms with Crippen LogP contribution in [0.5, 0.6) is 0 Å². The van der Waals surface area contributed by atoms with Crippen molar-refractivity contribution in [1.29, 1.82) is 0 Å². The Kier molecular flexibility index (Phi) is 19.3. The van der Waals surface area contributed by atoms with Gasteiger partial charge in [0.05, 0.1) is 60.6 Å². The van der Waals surface area contributed by atoms with Crippen LogP contribution in [0.15, 0.2) is 108 Å². The Morgan fingerprint density at radius 2 is 1.26 bits per heavy atom. The molecule has 0 unspecified atom stereocenters. The maximum Gasteiger partial charge on any atom is 0.169 e. The summed E-state index contributed by atoms with van der Waals surface area (Å²) in [6, 6.07) is 22.0. The molecule has 3 rings (SSSR count). The molecule has 0 spiro atoms. The zero-order valence-corrected chi connectivity index (χ0v) is 35.6. The molecule has 286 valence electrons. The van der Waals surface area contributed by atoms with Crippen molar-refractivity contribution in [3.05, 3.63) is 120 Å². The minimum absolute atomic E-state index is 0.802. The second-order valence-corrected chi connectivity index (χ2v) is 18.0. The topological polar surface area (TPSA) is 22.7 Å². The van der Waals surface area contributed by atoms with E-state index < -0.39 is 0 Å². The predicted molar refractivity (Wildman–Crippen MR) is 240 cm³/mol. The zero-order valence-electron chi connectivity index (χ0n) is 34.0. The van der Waals surface area contributed by atoms with Crippen molar-refractivity contribution in [2.45, 2.75) is 26.3 Å². The SMILES string of the molecule is C=CC(C=Cc1ccc(N(C)CCC[N+](C)(C)CC)cc1)=CC=NCCSSCC[n+]1ccc(C=Cc2ccc(N(C)CCC[N+](C)(C)C)cc2)cc1. The van der Waals surface area contributed by atoms with Crippen molar-refractivity contribution in [2.75, 3.05) is 110 Å². The molecule has 0 saturated heterocycles. The molecule has 0 aliphatic heterocycles. The van der Waals surface area contributed by atoms with E-state index in [0.29, 0.717) is 0 Å². The number of aryl methyl sites for hydroxylation is 1. The first-order valence-electron chi connectivity index (χ1n) is 19.0. The lowest BCUT2D eigenvalue weighted by Gasteiger charge is -2.29. The summed E-state index contributed by atoms with van der Waals surface area (Å²) in [5.41, 5.74) is 7.18. The molecule has 2 aromatic carbocycles. The maximum atomic E-state index is 4.59. The summed E-state index contributed by atoms with van der Waals surface area (Å²) < 4.78 is 4.33. The van der Waals surface area contributed by atoms with Gasteiger partial charge in [-0.1, -0.05) is 82.8 Å². The van der Waals surface area contributed by atoms with Gasteiger partial charge in [0, 0.05) is 82.0 Å². The third kappa shape index (κ3) is 18.4. The lowest BCUT2D eigenvalue weighted by Crippen LogP contribution is -2.41. The van der Waals surface area contributed by atoms with E-state index in [1.807, 2.05) is 40.0 Å². The molecule has 0 saturated carbocycles. The smallest absolute Gasteiger partial charge is 0.169 e. The molecule has 0 atom stereocenters. The summed E-state index contributed by atoms with van der Waals surface area (Å²) in [4.78, 5) is 9.28. The van der Waals surface area contributed by atoms with E-state index in [9.17, 15) is 0 Å². The summed E-state index contributed by atoms with van der Waals surface area (Å²) in [5.74, 6) is 2.05. The minimum atomic E-state index is 0.802. The van der Waals surface area contributed by atoms with E-state index in [1.54, 1.807) is 0 Å². The normalized spacial score (nSPS) is 12.7. The molecule has 1 heterocycles. The van der Waals surface area contributed by atoms with Crippen LogP contribution in [0, 0.1) is 0 Å². The molecule has 0 fully saturated rings. The van der Waals surface area contributed by atoms with Gasteiger partial charge >= 0.3 is 0 Å². The van der Waals surface area contributed by atoms with Crippen LogP contribution in [0.3, 0.4) is 0 Å². The lowest BCUT2D eigenvalue weighted by molar-refractivity contribution is -0.888. The van der Waals surface area contributed by atoms with Crippen LogP contribution in [-0.2, 0) is 6.54 Å². The van der Waals surface area contributed by atoms with Gasteiger partial charge in [-0.25, -0.2) is 4.57 Å². The molecule has 53 heavy (non-hydrogen) atoms. The molecule has 3 aromatic rings. The number of hydrogen-bond donors (Lipinski definition) is 0. The van der Waals surface area contributed by atoms with Crippen LogP contribution in [0.1, 0.15) is 36.5 Å². The molecule has 6 nitrogen and oxygen atoms in total. The van der Waals surface area contributed by atoms with Gasteiger partial charge in [-0.15, -0.1) is 0 Å². The summed E-state index contributed by atoms with van der Waals surface area (Å²) in [7, 11) is 19.5. The van der Waals surface area contributed by atoms with Crippen molar-refractivity contribution in [3.8, 4) is 0 Å². The number of aromatic nitrogens is 1. The van der Waals surface area contributed by atoms with Crippen molar-refractivity contribution in [3.63, 3.8) is 0 Å². The van der Waals surface area contributed by atoms with Gasteiger partial charge in [0.25, 0.3) is 0 Å². The van der Waals surface area contributed by atoms with Crippen molar-refractivity contribution < 1.29 is 13.5 Å². The third-order valence-electron chi connectivity index (χ3n) is 9.38. The first-order valence-corrected chi connectivity index (χ1v) is 21.5. The molecule has 0 bridgehead atoms. The number of nitrogens with zero attached hydrogens (tertiary/aromatic N) is 6. The fourth-order valence-electron chi connectivity index (χ4n) is 5.48. The van der Waals surface area contributed by atoms with E-state index in [1.165, 1.54) is 60.5 Å². The van der Waals surface area contributed by atoms with E-state index in [2.05, 4.69) is 180 Å². The number of pyridine rings is 1. The Balaban J connectivity index is 1.30. The average Bonchev–Trinajstić information content (AvgIpc) is 3.14. The van der Waals surface area contributed by atoms with Gasteiger partial charge in [-0.2, -0.15) is 0 Å². The molecule has 0 N–H and O–H groups in total. The standard InChI is InChI=1S/C45H67N6S2/c1-10-40(14-15-41-18-22-45(23-19-41)48(4)32-13-37-51(8,9)11-2)26-29-46-30-38-52-53-39-35-49-33-27-43(28-34-49)17-16-42-20-24-44(25-21-42)47(3)31-12-36-50(5,6)7/h10,14-29,33-34H,1,11-13,30-32,35-39H2,2-9H3/q+3. The quantitative estimate of drug-likeness (QED) is 0.0228. The highest BCUT2D eigenvalue weighted by molar-refractivity contribution is 8.76. The molecular weight excluding hydrogens is 689 g/mol. The highest BCUT2D eigenvalue weighted by Crippen LogP contribution is 2.21. The second-order valence-electron chi connectivity index (χ2n) is 15.3. The minimum Gasteiger partial charge on any atom is -0.374 e. The molecule has 0 radical (unpaired) electrons. The van der Waals surface area contributed by atoms with Crippen molar-refractivity contribution in [1.82, 2.24) is 0 Å². The first kappa shape index (κ1) is 43.8. The summed E-state index contributed by atoms with van der Waals surface area (Å²) in [5, 5.41) is 0.